The van der Waals surface area contributed by atoms with Crippen molar-refractivity contribution in [2.45, 2.75) is 6.92 Å². The lowest BCUT2D eigenvalue weighted by atomic mass is 10.2. The molecule has 5 heteroatoms. The molecule has 2 aromatic heterocycles. The van der Waals surface area contributed by atoms with Gasteiger partial charge in [-0.3, -0.25) is 4.79 Å². The molecule has 0 saturated carbocycles. The van der Waals surface area contributed by atoms with Gasteiger partial charge in [-0.15, -0.1) is 11.3 Å². The van der Waals surface area contributed by atoms with Gasteiger partial charge in [0.15, 0.2) is 0 Å². The molecule has 3 rings (SSSR count). The first-order valence-electron chi connectivity index (χ1n) is 6.32. The number of carbonyl (C=O) groups excluding carboxylic acids is 1. The largest absolute Gasteiger partial charge is 0.462 e. The summed E-state index contributed by atoms with van der Waals surface area (Å²) in [6.07, 6.45) is 0. The minimum absolute atomic E-state index is 0.0921. The Morgan fingerprint density at radius 2 is 2.05 bits per heavy atom. The summed E-state index contributed by atoms with van der Waals surface area (Å²) in [5, 5.41) is 1.55. The Hall–Kier alpha value is -2.14. The van der Waals surface area contributed by atoms with E-state index in [1.54, 1.807) is 24.6 Å². The summed E-state index contributed by atoms with van der Waals surface area (Å²) >= 11 is 1.31. The molecule has 0 spiro atoms. The smallest absolute Gasteiger partial charge is 0.348 e. The van der Waals surface area contributed by atoms with E-state index in [4.69, 9.17) is 4.74 Å². The molecule has 1 aromatic carbocycles. The molecule has 0 unspecified atom stereocenters. The topological polar surface area (TPSA) is 48.3 Å². The van der Waals surface area contributed by atoms with Crippen molar-refractivity contribution >= 4 is 38.3 Å². The lowest BCUT2D eigenvalue weighted by molar-refractivity contribution is 0.0532. The van der Waals surface area contributed by atoms with Gasteiger partial charge in [0.1, 0.15) is 4.88 Å². The number of benzene rings is 1. The maximum absolute atomic E-state index is 12.4. The second kappa shape index (κ2) is 4.76. The Morgan fingerprint density at radius 1 is 1.30 bits per heavy atom. The third-order valence-electron chi connectivity index (χ3n) is 3.25. The van der Waals surface area contributed by atoms with Gasteiger partial charge in [0.25, 0.3) is 5.56 Å². The third-order valence-corrected chi connectivity index (χ3v) is 4.40. The molecule has 0 aliphatic rings. The van der Waals surface area contributed by atoms with E-state index in [0.717, 1.165) is 15.6 Å². The average molecular weight is 287 g/mol. The zero-order valence-corrected chi connectivity index (χ0v) is 12.0. The van der Waals surface area contributed by atoms with Crippen molar-refractivity contribution in [2.24, 2.45) is 7.05 Å². The summed E-state index contributed by atoms with van der Waals surface area (Å²) in [4.78, 5) is 24.6. The Labute approximate surface area is 119 Å². The first kappa shape index (κ1) is 12.9. The number of hydrogen-bond donors (Lipinski definition) is 0. The van der Waals surface area contributed by atoms with E-state index in [1.165, 1.54) is 11.3 Å². The molecule has 0 saturated heterocycles. The van der Waals surface area contributed by atoms with Crippen LogP contribution in [0.15, 0.2) is 35.1 Å². The molecule has 0 aliphatic heterocycles. The van der Waals surface area contributed by atoms with E-state index >= 15 is 0 Å². The zero-order chi connectivity index (χ0) is 14.3. The Bertz CT molecular complexity index is 876. The maximum atomic E-state index is 12.4. The van der Waals surface area contributed by atoms with E-state index < -0.39 is 0 Å². The molecule has 20 heavy (non-hydrogen) atoms. The summed E-state index contributed by atoms with van der Waals surface area (Å²) in [6, 6.07) is 9.32. The van der Waals surface area contributed by atoms with Crippen molar-refractivity contribution in [1.82, 2.24) is 4.57 Å². The summed E-state index contributed by atoms with van der Waals surface area (Å²) in [7, 11) is 1.74. The zero-order valence-electron chi connectivity index (χ0n) is 11.2. The van der Waals surface area contributed by atoms with Gasteiger partial charge in [0, 0.05) is 12.4 Å². The monoisotopic (exact) mass is 287 g/mol. The molecule has 3 aromatic rings. The molecule has 0 N–H and O–H groups in total. The second-order valence-electron chi connectivity index (χ2n) is 4.46. The summed E-state index contributed by atoms with van der Waals surface area (Å²) in [5.41, 5.74) is 0.771. The van der Waals surface area contributed by atoms with Crippen LogP contribution in [-0.2, 0) is 11.8 Å². The van der Waals surface area contributed by atoms with Gasteiger partial charge in [-0.2, -0.15) is 0 Å². The molecular weight excluding hydrogens is 274 g/mol. The first-order chi connectivity index (χ1) is 9.63. The quantitative estimate of drug-likeness (QED) is 0.681. The van der Waals surface area contributed by atoms with Crippen LogP contribution in [0.5, 0.6) is 0 Å². The predicted molar refractivity (Wildman–Crippen MR) is 80.5 cm³/mol. The number of hydrogen-bond acceptors (Lipinski definition) is 4. The molecule has 0 bridgehead atoms. The number of aromatic nitrogens is 1. The average Bonchev–Trinajstić information content (AvgIpc) is 2.90. The van der Waals surface area contributed by atoms with Crippen LogP contribution in [-0.4, -0.2) is 17.1 Å². The lowest BCUT2D eigenvalue weighted by Gasteiger charge is -2.05. The SMILES string of the molecule is CCOC(=O)c1cc2c(=O)n(C)c3ccccc3c2s1. The lowest BCUT2D eigenvalue weighted by Crippen LogP contribution is -2.16. The van der Waals surface area contributed by atoms with Crippen molar-refractivity contribution in [3.63, 3.8) is 0 Å². The molecule has 102 valence electrons. The fraction of sp³-hybridized carbons (Fsp3) is 0.200. The molecular formula is C15H13NO3S. The van der Waals surface area contributed by atoms with Crippen LogP contribution in [0.3, 0.4) is 0 Å². The number of aryl methyl sites for hydroxylation is 1. The van der Waals surface area contributed by atoms with Gasteiger partial charge in [-0.05, 0) is 19.1 Å². The number of pyridine rings is 1. The number of nitrogens with zero attached hydrogens (tertiary/aromatic N) is 1. The van der Waals surface area contributed by atoms with Gasteiger partial charge >= 0.3 is 5.97 Å². The molecule has 0 amide bonds. The van der Waals surface area contributed by atoms with E-state index in [0.29, 0.717) is 16.9 Å². The van der Waals surface area contributed by atoms with Crippen LogP contribution >= 0.6 is 11.3 Å². The van der Waals surface area contributed by atoms with Crippen molar-refractivity contribution in [2.75, 3.05) is 6.61 Å². The van der Waals surface area contributed by atoms with Crippen LogP contribution in [0, 0.1) is 0 Å². The van der Waals surface area contributed by atoms with Crippen molar-refractivity contribution in [3.05, 3.63) is 45.6 Å². The second-order valence-corrected chi connectivity index (χ2v) is 5.51. The summed E-state index contributed by atoms with van der Waals surface area (Å²) < 4.78 is 7.45. The highest BCUT2D eigenvalue weighted by Crippen LogP contribution is 2.30. The number of fused-ring (bicyclic) bond motifs is 3. The molecule has 0 atom stereocenters. The van der Waals surface area contributed by atoms with Gasteiger partial charge in [0.2, 0.25) is 0 Å². The predicted octanol–water partition coefficient (Wildman–Crippen LogP) is 2.93. The minimum atomic E-state index is -0.375. The van der Waals surface area contributed by atoms with E-state index in [1.807, 2.05) is 24.3 Å². The number of para-hydroxylation sites is 1. The fourth-order valence-corrected chi connectivity index (χ4v) is 3.38. The van der Waals surface area contributed by atoms with Crippen LogP contribution in [0.1, 0.15) is 16.6 Å². The molecule has 0 radical (unpaired) electrons. The maximum Gasteiger partial charge on any atom is 0.348 e. The normalized spacial score (nSPS) is 11.1. The van der Waals surface area contributed by atoms with Gasteiger partial charge in [0.05, 0.1) is 22.2 Å². The van der Waals surface area contributed by atoms with E-state index in [9.17, 15) is 9.59 Å². The van der Waals surface area contributed by atoms with Crippen LogP contribution in [0.25, 0.3) is 21.0 Å². The number of carbonyl (C=O) groups is 1. The Balaban J connectivity index is 2.38. The van der Waals surface area contributed by atoms with Crippen LogP contribution in [0.4, 0.5) is 0 Å². The van der Waals surface area contributed by atoms with Crippen LogP contribution in [0.2, 0.25) is 0 Å². The van der Waals surface area contributed by atoms with Crippen molar-refractivity contribution < 1.29 is 9.53 Å². The highest BCUT2D eigenvalue weighted by Gasteiger charge is 2.16. The molecule has 0 aliphatic carbocycles. The standard InChI is InChI=1S/C15H13NO3S/c1-3-19-15(18)12-8-10-13(20-12)9-6-4-5-7-11(9)16(2)14(10)17/h4-8H,3H2,1-2H3. The number of ether oxygens (including phenoxy) is 1. The fourth-order valence-electron chi connectivity index (χ4n) is 2.30. The number of thiophene rings is 1. The minimum Gasteiger partial charge on any atom is -0.462 e. The van der Waals surface area contributed by atoms with Gasteiger partial charge in [-0.1, -0.05) is 18.2 Å². The summed E-state index contributed by atoms with van der Waals surface area (Å²) in [6.45, 7) is 2.09. The van der Waals surface area contributed by atoms with Gasteiger partial charge < -0.3 is 9.30 Å². The number of esters is 1. The third kappa shape index (κ3) is 1.82. The molecule has 0 fully saturated rings. The van der Waals surface area contributed by atoms with Crippen molar-refractivity contribution in [3.8, 4) is 0 Å². The van der Waals surface area contributed by atoms with E-state index in [-0.39, 0.29) is 11.5 Å². The first-order valence-corrected chi connectivity index (χ1v) is 7.13. The van der Waals surface area contributed by atoms with Gasteiger partial charge in [-0.25, -0.2) is 4.79 Å². The molecule has 2 heterocycles. The number of rotatable bonds is 2. The van der Waals surface area contributed by atoms with E-state index in [2.05, 4.69) is 0 Å². The Kier molecular flexibility index (Phi) is 3.06. The van der Waals surface area contributed by atoms with Crippen molar-refractivity contribution in [1.29, 1.82) is 0 Å². The van der Waals surface area contributed by atoms with Crippen LogP contribution < -0.4 is 5.56 Å². The summed E-state index contributed by atoms with van der Waals surface area (Å²) in [5.74, 6) is -0.375. The highest BCUT2D eigenvalue weighted by atomic mass is 32.1. The highest BCUT2D eigenvalue weighted by molar-refractivity contribution is 7.21. The molecule has 4 nitrogen and oxygen atoms in total. The Morgan fingerprint density at radius 3 is 2.80 bits per heavy atom.